The molecule has 1 atom stereocenters. The summed E-state index contributed by atoms with van der Waals surface area (Å²) >= 11 is 0. The van der Waals surface area contributed by atoms with Crippen LogP contribution >= 0.6 is 0 Å². The van der Waals surface area contributed by atoms with Gasteiger partial charge in [-0.3, -0.25) is 9.67 Å². The van der Waals surface area contributed by atoms with Crippen molar-refractivity contribution in [3.63, 3.8) is 0 Å². The quantitative estimate of drug-likeness (QED) is 0.455. The summed E-state index contributed by atoms with van der Waals surface area (Å²) in [6.07, 6.45) is 6.69. The van der Waals surface area contributed by atoms with Crippen molar-refractivity contribution in [1.29, 1.82) is 0 Å². The van der Waals surface area contributed by atoms with Crippen molar-refractivity contribution in [1.82, 2.24) is 29.8 Å². The smallest absolute Gasteiger partial charge is 0.0918 e. The maximum Gasteiger partial charge on any atom is 0.0918 e. The molecule has 2 aromatic carbocycles. The van der Waals surface area contributed by atoms with E-state index in [-0.39, 0.29) is 6.04 Å². The summed E-state index contributed by atoms with van der Waals surface area (Å²) < 4.78 is 3.87. The number of fused-ring (bicyclic) bond motifs is 4. The zero-order valence-electron chi connectivity index (χ0n) is 18.0. The minimum absolute atomic E-state index is 0.119. The zero-order chi connectivity index (χ0) is 21.7. The van der Waals surface area contributed by atoms with Crippen LogP contribution in [-0.4, -0.2) is 29.8 Å². The Balaban J connectivity index is 1.50. The monoisotopic (exact) mass is 421 g/mol. The number of hydrogen-bond acceptors (Lipinski definition) is 5. The highest BCUT2D eigenvalue weighted by Crippen LogP contribution is 2.39. The van der Waals surface area contributed by atoms with E-state index in [1.807, 2.05) is 54.1 Å². The van der Waals surface area contributed by atoms with Gasteiger partial charge in [0.25, 0.3) is 0 Å². The number of rotatable bonds is 3. The van der Waals surface area contributed by atoms with Crippen LogP contribution in [0.25, 0.3) is 33.3 Å². The van der Waals surface area contributed by atoms with E-state index in [2.05, 4.69) is 62.1 Å². The van der Waals surface area contributed by atoms with Crippen LogP contribution in [0.4, 0.5) is 5.69 Å². The lowest BCUT2D eigenvalue weighted by Gasteiger charge is -2.22. The standard InChI is InChI=1S/C25H23N7/c1-16-25-19-9-8-17(18-14-27-31(2)15-18)13-21(19)24(10-12-32(25)30-29-16)28-23-7-3-6-22-20(23)5-4-11-26-22/h3-9,11,13-15,24,28H,10,12H2,1-2H3. The number of aromatic nitrogens is 6. The average Bonchev–Trinajstić information content (AvgIpc) is 3.37. The van der Waals surface area contributed by atoms with Gasteiger partial charge in [-0.05, 0) is 54.8 Å². The van der Waals surface area contributed by atoms with Crippen molar-refractivity contribution in [2.75, 3.05) is 5.32 Å². The lowest BCUT2D eigenvalue weighted by Crippen LogP contribution is -2.13. The van der Waals surface area contributed by atoms with Gasteiger partial charge in [-0.2, -0.15) is 5.10 Å². The molecule has 0 fully saturated rings. The Hall–Kier alpha value is -4.00. The second-order valence-electron chi connectivity index (χ2n) is 8.31. The van der Waals surface area contributed by atoms with E-state index in [1.54, 1.807) is 0 Å². The molecule has 7 heteroatoms. The Morgan fingerprint density at radius 3 is 2.88 bits per heavy atom. The van der Waals surface area contributed by atoms with E-state index >= 15 is 0 Å². The number of anilines is 1. The molecule has 0 aliphatic carbocycles. The summed E-state index contributed by atoms with van der Waals surface area (Å²) in [6.45, 7) is 2.83. The predicted octanol–water partition coefficient (Wildman–Crippen LogP) is 4.76. The molecule has 1 unspecified atom stereocenters. The Kier molecular flexibility index (Phi) is 4.28. The summed E-state index contributed by atoms with van der Waals surface area (Å²) in [4.78, 5) is 4.52. The number of nitrogens with zero attached hydrogens (tertiary/aromatic N) is 6. The minimum atomic E-state index is 0.119. The molecule has 0 radical (unpaired) electrons. The highest BCUT2D eigenvalue weighted by Gasteiger charge is 2.26. The predicted molar refractivity (Wildman–Crippen MR) is 125 cm³/mol. The number of pyridine rings is 1. The van der Waals surface area contributed by atoms with Crippen LogP contribution < -0.4 is 5.32 Å². The van der Waals surface area contributed by atoms with Gasteiger partial charge in [0.1, 0.15) is 0 Å². The SMILES string of the molecule is Cc1nnn2c1-c1ccc(-c3cnn(C)c3)cc1C(Nc1cccc3ncccc13)CC2. The molecule has 0 bridgehead atoms. The van der Waals surface area contributed by atoms with E-state index in [0.29, 0.717) is 0 Å². The fraction of sp³-hybridized carbons (Fsp3) is 0.200. The van der Waals surface area contributed by atoms with Gasteiger partial charge in [0.2, 0.25) is 0 Å². The van der Waals surface area contributed by atoms with Crippen LogP contribution in [0, 0.1) is 6.92 Å². The summed E-state index contributed by atoms with van der Waals surface area (Å²) in [5, 5.41) is 18.1. The Bertz CT molecular complexity index is 1440. The third kappa shape index (κ3) is 3.05. The number of aryl methyl sites for hydroxylation is 3. The number of benzene rings is 2. The molecule has 32 heavy (non-hydrogen) atoms. The molecule has 5 aromatic rings. The van der Waals surface area contributed by atoms with Crippen LogP contribution in [-0.2, 0) is 13.6 Å². The third-order valence-corrected chi connectivity index (χ3v) is 6.23. The average molecular weight is 422 g/mol. The Morgan fingerprint density at radius 2 is 2.00 bits per heavy atom. The molecule has 1 aliphatic rings. The minimum Gasteiger partial charge on any atom is -0.378 e. The van der Waals surface area contributed by atoms with Gasteiger partial charge in [0.15, 0.2) is 0 Å². The lowest BCUT2D eigenvalue weighted by atomic mass is 9.93. The molecule has 7 nitrogen and oxygen atoms in total. The van der Waals surface area contributed by atoms with Crippen LogP contribution in [0.5, 0.6) is 0 Å². The van der Waals surface area contributed by atoms with Gasteiger partial charge in [0.05, 0.1) is 29.1 Å². The summed E-state index contributed by atoms with van der Waals surface area (Å²) in [6, 6.07) is 17.1. The summed E-state index contributed by atoms with van der Waals surface area (Å²) in [5.74, 6) is 0. The van der Waals surface area contributed by atoms with Crippen molar-refractivity contribution < 1.29 is 0 Å². The van der Waals surface area contributed by atoms with Gasteiger partial charge in [0, 0.05) is 48.2 Å². The molecule has 0 amide bonds. The molecular formula is C25H23N7. The molecule has 158 valence electrons. The molecule has 0 saturated carbocycles. The van der Waals surface area contributed by atoms with Gasteiger partial charge in [-0.15, -0.1) is 5.10 Å². The van der Waals surface area contributed by atoms with Gasteiger partial charge < -0.3 is 5.32 Å². The molecule has 0 saturated heterocycles. The molecule has 4 heterocycles. The van der Waals surface area contributed by atoms with Crippen molar-refractivity contribution in [3.05, 3.63) is 78.4 Å². The second kappa shape index (κ2) is 7.30. The Morgan fingerprint density at radius 1 is 1.06 bits per heavy atom. The highest BCUT2D eigenvalue weighted by molar-refractivity contribution is 5.91. The fourth-order valence-electron chi connectivity index (χ4n) is 4.68. The fourth-order valence-corrected chi connectivity index (χ4v) is 4.68. The van der Waals surface area contributed by atoms with Crippen LogP contribution in [0.15, 0.2) is 67.1 Å². The first-order valence-electron chi connectivity index (χ1n) is 10.8. The molecule has 1 N–H and O–H groups in total. The molecule has 0 spiro atoms. The van der Waals surface area contributed by atoms with Crippen molar-refractivity contribution in [2.45, 2.75) is 25.9 Å². The normalized spacial score (nSPS) is 15.2. The van der Waals surface area contributed by atoms with Crippen LogP contribution in [0.3, 0.4) is 0 Å². The summed E-state index contributed by atoms with van der Waals surface area (Å²) in [7, 11) is 1.94. The first-order valence-corrected chi connectivity index (χ1v) is 10.8. The van der Waals surface area contributed by atoms with Crippen LogP contribution in [0.1, 0.15) is 23.7 Å². The molecule has 1 aliphatic heterocycles. The lowest BCUT2D eigenvalue weighted by molar-refractivity contribution is 0.539. The van der Waals surface area contributed by atoms with Crippen molar-refractivity contribution >= 4 is 16.6 Å². The van der Waals surface area contributed by atoms with Gasteiger partial charge in [-0.25, -0.2) is 4.68 Å². The van der Waals surface area contributed by atoms with E-state index < -0.39 is 0 Å². The number of nitrogens with one attached hydrogen (secondary N) is 1. The van der Waals surface area contributed by atoms with Crippen LogP contribution in [0.2, 0.25) is 0 Å². The summed E-state index contributed by atoms with van der Waals surface area (Å²) in [5.41, 5.74) is 8.82. The topological polar surface area (TPSA) is 73.5 Å². The maximum atomic E-state index is 4.52. The van der Waals surface area contributed by atoms with Gasteiger partial charge >= 0.3 is 0 Å². The molecule has 6 rings (SSSR count). The van der Waals surface area contributed by atoms with Crippen molar-refractivity contribution in [3.8, 4) is 22.4 Å². The van der Waals surface area contributed by atoms with Crippen molar-refractivity contribution in [2.24, 2.45) is 7.05 Å². The Labute approximate surface area is 185 Å². The van der Waals surface area contributed by atoms with E-state index in [0.717, 1.165) is 52.1 Å². The third-order valence-electron chi connectivity index (χ3n) is 6.23. The zero-order valence-corrected chi connectivity index (χ0v) is 18.0. The molecular weight excluding hydrogens is 398 g/mol. The second-order valence-corrected chi connectivity index (χ2v) is 8.31. The first-order chi connectivity index (χ1) is 15.7. The van der Waals surface area contributed by atoms with E-state index in [1.165, 1.54) is 11.1 Å². The largest absolute Gasteiger partial charge is 0.378 e. The van der Waals surface area contributed by atoms with Gasteiger partial charge in [-0.1, -0.05) is 23.4 Å². The molecule has 3 aromatic heterocycles. The first kappa shape index (κ1) is 18.7. The van der Waals surface area contributed by atoms with E-state index in [9.17, 15) is 0 Å². The maximum absolute atomic E-state index is 4.52. The number of hydrogen-bond donors (Lipinski definition) is 1. The van der Waals surface area contributed by atoms with E-state index in [4.69, 9.17) is 0 Å². The highest BCUT2D eigenvalue weighted by atomic mass is 15.4.